The molecule has 3 N–H and O–H groups in total. The number of hydrogen-bond acceptors (Lipinski definition) is 3. The fraction of sp³-hybridized carbons (Fsp3) is 0.278. The van der Waals surface area contributed by atoms with Crippen LogP contribution in [0.25, 0.3) is 0 Å². The average molecular weight is 299 g/mol. The molecule has 0 saturated carbocycles. The van der Waals surface area contributed by atoms with Crippen molar-refractivity contribution in [2.75, 3.05) is 6.54 Å². The van der Waals surface area contributed by atoms with E-state index >= 15 is 0 Å². The Kier molecular flexibility index (Phi) is 5.17. The van der Waals surface area contributed by atoms with Crippen molar-refractivity contribution in [1.82, 2.24) is 5.32 Å². The van der Waals surface area contributed by atoms with Gasteiger partial charge < -0.3 is 15.5 Å². The van der Waals surface area contributed by atoms with E-state index in [1.807, 2.05) is 37.3 Å². The van der Waals surface area contributed by atoms with Gasteiger partial charge >= 0.3 is 0 Å². The minimum absolute atomic E-state index is 0.0308. The predicted octanol–water partition coefficient (Wildman–Crippen LogP) is 2.47. The Balaban J connectivity index is 1.94. The van der Waals surface area contributed by atoms with Crippen molar-refractivity contribution in [3.63, 3.8) is 0 Å². The van der Waals surface area contributed by atoms with Crippen LogP contribution < -0.4 is 5.32 Å². The Morgan fingerprint density at radius 2 is 1.68 bits per heavy atom. The summed E-state index contributed by atoms with van der Waals surface area (Å²) in [6.07, 6.45) is 0.697. The highest BCUT2D eigenvalue weighted by molar-refractivity contribution is 5.97. The van der Waals surface area contributed by atoms with E-state index < -0.39 is 0 Å². The number of phenolic OH excluding ortho intramolecular Hbond substituents is 1. The number of aromatic hydroxyl groups is 1. The van der Waals surface area contributed by atoms with Gasteiger partial charge in [-0.05, 0) is 48.6 Å². The summed E-state index contributed by atoms with van der Waals surface area (Å²) in [4.78, 5) is 12.1. The molecule has 0 radical (unpaired) electrons. The molecule has 0 aliphatic rings. The number of aliphatic hydroxyl groups is 1. The zero-order valence-corrected chi connectivity index (χ0v) is 12.9. The lowest BCUT2D eigenvalue weighted by atomic mass is 10.0. The maximum Gasteiger partial charge on any atom is 0.255 e. The molecule has 2 aromatic rings. The number of benzene rings is 2. The molecule has 0 atom stereocenters. The molecule has 1 amide bonds. The van der Waals surface area contributed by atoms with E-state index in [0.717, 1.165) is 22.3 Å². The number of aliphatic hydroxyl groups excluding tert-OH is 1. The van der Waals surface area contributed by atoms with Crippen LogP contribution in [-0.2, 0) is 13.0 Å². The van der Waals surface area contributed by atoms with Gasteiger partial charge in [0.05, 0.1) is 12.2 Å². The van der Waals surface area contributed by atoms with Crippen molar-refractivity contribution in [2.45, 2.75) is 26.9 Å². The third-order valence-corrected chi connectivity index (χ3v) is 3.85. The van der Waals surface area contributed by atoms with Gasteiger partial charge in [-0.15, -0.1) is 0 Å². The normalized spacial score (nSPS) is 10.5. The Bertz CT molecular complexity index is 663. The molecule has 2 rings (SSSR count). The summed E-state index contributed by atoms with van der Waals surface area (Å²) in [6, 6.07) is 11.1. The Morgan fingerprint density at radius 3 is 2.32 bits per heavy atom. The molecule has 0 bridgehead atoms. The zero-order valence-electron chi connectivity index (χ0n) is 12.9. The van der Waals surface area contributed by atoms with Crippen LogP contribution in [0.3, 0.4) is 0 Å². The molecule has 0 spiro atoms. The highest BCUT2D eigenvalue weighted by atomic mass is 16.3. The number of hydrogen-bond donors (Lipinski definition) is 3. The lowest BCUT2D eigenvalue weighted by Crippen LogP contribution is -2.26. The molecule has 4 nitrogen and oxygen atoms in total. The standard InChI is InChI=1S/C18H21NO3/c1-12-3-8-16(17(21)13(12)2)18(22)19-10-9-14-4-6-15(11-20)7-5-14/h3-8,20-21H,9-11H2,1-2H3,(H,19,22). The van der Waals surface area contributed by atoms with Crippen molar-refractivity contribution < 1.29 is 15.0 Å². The number of amides is 1. The van der Waals surface area contributed by atoms with Crippen molar-refractivity contribution >= 4 is 5.91 Å². The van der Waals surface area contributed by atoms with E-state index in [2.05, 4.69) is 5.32 Å². The van der Waals surface area contributed by atoms with Crippen molar-refractivity contribution in [1.29, 1.82) is 0 Å². The minimum atomic E-state index is -0.271. The molecule has 0 heterocycles. The number of carbonyl (C=O) groups excluding carboxylic acids is 1. The second-order valence-electron chi connectivity index (χ2n) is 5.38. The number of nitrogens with one attached hydrogen (secondary N) is 1. The van der Waals surface area contributed by atoms with Crippen LogP contribution >= 0.6 is 0 Å². The second-order valence-corrected chi connectivity index (χ2v) is 5.38. The van der Waals surface area contributed by atoms with Crippen molar-refractivity contribution in [2.24, 2.45) is 0 Å². The van der Waals surface area contributed by atoms with Gasteiger partial charge in [-0.3, -0.25) is 4.79 Å². The highest BCUT2D eigenvalue weighted by Crippen LogP contribution is 2.24. The minimum Gasteiger partial charge on any atom is -0.507 e. The summed E-state index contributed by atoms with van der Waals surface area (Å²) in [5.41, 5.74) is 3.94. The first-order valence-electron chi connectivity index (χ1n) is 7.29. The lowest BCUT2D eigenvalue weighted by Gasteiger charge is -2.10. The molecular formula is C18H21NO3. The number of phenols is 1. The summed E-state index contributed by atoms with van der Waals surface area (Å²) in [7, 11) is 0. The van der Waals surface area contributed by atoms with Crippen LogP contribution in [0.2, 0.25) is 0 Å². The van der Waals surface area contributed by atoms with Crippen LogP contribution in [0.5, 0.6) is 5.75 Å². The topological polar surface area (TPSA) is 69.6 Å². The van der Waals surface area contributed by atoms with E-state index in [9.17, 15) is 9.90 Å². The monoisotopic (exact) mass is 299 g/mol. The van der Waals surface area contributed by atoms with Gasteiger partial charge in [0.25, 0.3) is 5.91 Å². The molecule has 116 valence electrons. The third-order valence-electron chi connectivity index (χ3n) is 3.85. The number of carbonyl (C=O) groups is 1. The SMILES string of the molecule is Cc1ccc(C(=O)NCCc2ccc(CO)cc2)c(O)c1C. The third kappa shape index (κ3) is 3.65. The molecule has 0 unspecified atom stereocenters. The summed E-state index contributed by atoms with van der Waals surface area (Å²) in [6.45, 7) is 4.21. The summed E-state index contributed by atoms with van der Waals surface area (Å²) in [5, 5.41) is 21.8. The molecule has 0 aromatic heterocycles. The predicted molar refractivity (Wildman–Crippen MR) is 86.0 cm³/mol. The van der Waals surface area contributed by atoms with Gasteiger partial charge in [-0.2, -0.15) is 0 Å². The molecule has 0 fully saturated rings. The largest absolute Gasteiger partial charge is 0.507 e. The molecule has 2 aromatic carbocycles. The summed E-state index contributed by atoms with van der Waals surface area (Å²) in [5.74, 6) is -0.225. The van der Waals surface area contributed by atoms with E-state index in [-0.39, 0.29) is 18.3 Å². The number of rotatable bonds is 5. The van der Waals surface area contributed by atoms with Gasteiger partial charge in [-0.1, -0.05) is 30.3 Å². The molecule has 0 aliphatic heterocycles. The second kappa shape index (κ2) is 7.09. The maximum atomic E-state index is 12.1. The first-order valence-corrected chi connectivity index (χ1v) is 7.29. The van der Waals surface area contributed by atoms with Gasteiger partial charge in [0.1, 0.15) is 5.75 Å². The van der Waals surface area contributed by atoms with E-state index in [0.29, 0.717) is 18.5 Å². The van der Waals surface area contributed by atoms with Crippen LogP contribution in [0.15, 0.2) is 36.4 Å². The fourth-order valence-corrected chi connectivity index (χ4v) is 2.21. The van der Waals surface area contributed by atoms with Gasteiger partial charge in [0.2, 0.25) is 0 Å². The van der Waals surface area contributed by atoms with Crippen molar-refractivity contribution in [3.05, 3.63) is 64.2 Å². The lowest BCUT2D eigenvalue weighted by molar-refractivity contribution is 0.0951. The maximum absolute atomic E-state index is 12.1. The smallest absolute Gasteiger partial charge is 0.255 e. The van der Waals surface area contributed by atoms with Gasteiger partial charge in [0, 0.05) is 6.54 Å². The van der Waals surface area contributed by atoms with Crippen LogP contribution in [-0.4, -0.2) is 22.7 Å². The van der Waals surface area contributed by atoms with Crippen LogP contribution in [0.4, 0.5) is 0 Å². The average Bonchev–Trinajstić information content (AvgIpc) is 2.53. The Labute approximate surface area is 130 Å². The summed E-state index contributed by atoms with van der Waals surface area (Å²) < 4.78 is 0. The molecule has 0 aliphatic carbocycles. The van der Waals surface area contributed by atoms with Gasteiger partial charge in [-0.25, -0.2) is 0 Å². The van der Waals surface area contributed by atoms with E-state index in [4.69, 9.17) is 5.11 Å². The highest BCUT2D eigenvalue weighted by Gasteiger charge is 2.13. The molecular weight excluding hydrogens is 278 g/mol. The van der Waals surface area contributed by atoms with Crippen LogP contribution in [0, 0.1) is 13.8 Å². The molecule has 22 heavy (non-hydrogen) atoms. The van der Waals surface area contributed by atoms with E-state index in [1.54, 1.807) is 13.0 Å². The first-order chi connectivity index (χ1) is 10.5. The molecule has 0 saturated heterocycles. The molecule has 4 heteroatoms. The van der Waals surface area contributed by atoms with Crippen LogP contribution in [0.1, 0.15) is 32.6 Å². The van der Waals surface area contributed by atoms with Gasteiger partial charge in [0.15, 0.2) is 0 Å². The van der Waals surface area contributed by atoms with E-state index in [1.165, 1.54) is 0 Å². The fourth-order valence-electron chi connectivity index (χ4n) is 2.21. The number of aryl methyl sites for hydroxylation is 1. The van der Waals surface area contributed by atoms with Crippen molar-refractivity contribution in [3.8, 4) is 5.75 Å². The summed E-state index contributed by atoms with van der Waals surface area (Å²) >= 11 is 0. The quantitative estimate of drug-likeness (QED) is 0.794. The first kappa shape index (κ1) is 16.0. The Morgan fingerprint density at radius 1 is 1.05 bits per heavy atom. The zero-order chi connectivity index (χ0) is 16.1. The Hall–Kier alpha value is -2.33.